The highest BCUT2D eigenvalue weighted by atomic mass is 79.9. The third kappa shape index (κ3) is 0.725. The molecule has 4 rings (SSSR count). The number of hydrogen-bond donors (Lipinski definition) is 1. The van der Waals surface area contributed by atoms with Gasteiger partial charge in [0, 0.05) is 20.1 Å². The first kappa shape index (κ1) is 12.5. The Bertz CT molecular complexity index is 443. The SMILES string of the molecule is COC1(OC)C2(Br)CC3COC4(OCC24O)C31Br. The highest BCUT2D eigenvalue weighted by Crippen LogP contribution is 2.82. The predicted molar refractivity (Wildman–Crippen MR) is 67.8 cm³/mol. The van der Waals surface area contributed by atoms with E-state index in [4.69, 9.17) is 18.9 Å². The molecule has 7 heteroatoms. The van der Waals surface area contributed by atoms with E-state index < -0.39 is 25.8 Å². The van der Waals surface area contributed by atoms with Crippen molar-refractivity contribution in [2.45, 2.75) is 32.2 Å². The van der Waals surface area contributed by atoms with E-state index in [0.717, 1.165) is 0 Å². The molecule has 5 unspecified atom stereocenters. The number of rotatable bonds is 2. The number of aliphatic hydroxyl groups is 1. The smallest absolute Gasteiger partial charge is 0.223 e. The maximum absolute atomic E-state index is 11.1. The van der Waals surface area contributed by atoms with Crippen LogP contribution in [0.5, 0.6) is 0 Å². The van der Waals surface area contributed by atoms with E-state index >= 15 is 0 Å². The van der Waals surface area contributed by atoms with E-state index in [0.29, 0.717) is 13.0 Å². The van der Waals surface area contributed by atoms with Crippen molar-refractivity contribution >= 4 is 31.9 Å². The topological polar surface area (TPSA) is 57.2 Å². The molecule has 18 heavy (non-hydrogen) atoms. The molecule has 2 saturated heterocycles. The highest BCUT2D eigenvalue weighted by molar-refractivity contribution is 9.11. The second-order valence-corrected chi connectivity index (χ2v) is 8.12. The summed E-state index contributed by atoms with van der Waals surface area (Å²) in [5, 5.41) is 11.1. The summed E-state index contributed by atoms with van der Waals surface area (Å²) in [5.41, 5.74) is -1.15. The van der Waals surface area contributed by atoms with Gasteiger partial charge in [0.25, 0.3) is 0 Å². The second-order valence-electron chi connectivity index (χ2n) is 5.52. The van der Waals surface area contributed by atoms with Crippen molar-refractivity contribution in [3.8, 4) is 0 Å². The first-order valence-corrected chi connectivity index (χ1v) is 7.46. The Balaban J connectivity index is 2.05. The second kappa shape index (κ2) is 3.00. The minimum absolute atomic E-state index is 0.164. The molecular formula is C11H14Br2O5. The van der Waals surface area contributed by atoms with Gasteiger partial charge in [-0.2, -0.15) is 0 Å². The Morgan fingerprint density at radius 1 is 1.22 bits per heavy atom. The van der Waals surface area contributed by atoms with E-state index in [-0.39, 0.29) is 12.5 Å². The Morgan fingerprint density at radius 2 is 1.89 bits per heavy atom. The van der Waals surface area contributed by atoms with E-state index in [1.165, 1.54) is 0 Å². The molecule has 1 N–H and O–H groups in total. The maximum atomic E-state index is 11.1. The lowest BCUT2D eigenvalue weighted by Gasteiger charge is -2.57. The molecule has 0 aromatic heterocycles. The molecule has 2 aliphatic heterocycles. The van der Waals surface area contributed by atoms with Gasteiger partial charge in [-0.15, -0.1) is 0 Å². The zero-order valence-electron chi connectivity index (χ0n) is 10.0. The average molecular weight is 386 g/mol. The molecule has 2 aliphatic carbocycles. The number of halogens is 2. The lowest BCUT2D eigenvalue weighted by atomic mass is 9.73. The summed E-state index contributed by atoms with van der Waals surface area (Å²) in [6, 6.07) is 0. The third-order valence-electron chi connectivity index (χ3n) is 5.32. The van der Waals surface area contributed by atoms with Crippen LogP contribution in [0.15, 0.2) is 0 Å². The van der Waals surface area contributed by atoms with Gasteiger partial charge in [0.2, 0.25) is 11.6 Å². The van der Waals surface area contributed by atoms with E-state index in [1.54, 1.807) is 14.2 Å². The summed E-state index contributed by atoms with van der Waals surface area (Å²) >= 11 is 7.46. The number of ether oxygens (including phenoxy) is 4. The van der Waals surface area contributed by atoms with Gasteiger partial charge in [0.15, 0.2) is 5.60 Å². The molecule has 0 aromatic carbocycles. The Hall–Kier alpha value is 0.760. The van der Waals surface area contributed by atoms with E-state index in [1.807, 2.05) is 0 Å². The standard InChI is InChI=1S/C11H14Br2O5/c1-15-10(16-2)7(12)3-6-4-17-11(9(6,10)13)8(7,14)5-18-11/h6,14H,3-5H2,1-2H3. The number of fused-ring (bicyclic) bond motifs is 2. The molecule has 2 heterocycles. The van der Waals surface area contributed by atoms with Gasteiger partial charge >= 0.3 is 0 Å². The zero-order chi connectivity index (χ0) is 13.0. The minimum atomic E-state index is -1.15. The lowest BCUT2D eigenvalue weighted by Crippen LogP contribution is -2.77. The van der Waals surface area contributed by atoms with Gasteiger partial charge in [0.1, 0.15) is 8.65 Å². The number of alkyl halides is 2. The van der Waals surface area contributed by atoms with Crippen molar-refractivity contribution in [2.24, 2.45) is 5.92 Å². The third-order valence-corrected chi connectivity index (χ3v) is 8.51. The van der Waals surface area contributed by atoms with Crippen LogP contribution >= 0.6 is 31.9 Å². The van der Waals surface area contributed by atoms with Crippen LogP contribution in [0, 0.1) is 5.92 Å². The molecule has 0 amide bonds. The summed E-state index contributed by atoms with van der Waals surface area (Å²) in [6.07, 6.45) is 0.710. The van der Waals surface area contributed by atoms with Gasteiger partial charge in [-0.05, 0) is 6.42 Å². The average Bonchev–Trinajstić information content (AvgIpc) is 2.74. The molecule has 1 spiro atoms. The van der Waals surface area contributed by atoms with Crippen LogP contribution in [0.3, 0.4) is 0 Å². The first-order chi connectivity index (χ1) is 8.39. The molecule has 0 aromatic rings. The van der Waals surface area contributed by atoms with Crippen molar-refractivity contribution in [2.75, 3.05) is 27.4 Å². The first-order valence-electron chi connectivity index (χ1n) is 5.87. The van der Waals surface area contributed by atoms with Crippen LogP contribution in [0.25, 0.3) is 0 Å². The Kier molecular flexibility index (Phi) is 2.08. The fourth-order valence-corrected chi connectivity index (χ4v) is 7.76. The summed E-state index contributed by atoms with van der Waals surface area (Å²) in [6.45, 7) is 0.738. The predicted octanol–water partition coefficient (Wildman–Crippen LogP) is 0.764. The van der Waals surface area contributed by atoms with Gasteiger partial charge in [-0.1, -0.05) is 31.9 Å². The maximum Gasteiger partial charge on any atom is 0.223 e. The molecule has 4 fully saturated rings. The Labute approximate surface area is 121 Å². The number of methoxy groups -OCH3 is 2. The Morgan fingerprint density at radius 3 is 2.39 bits per heavy atom. The van der Waals surface area contributed by atoms with Gasteiger partial charge in [-0.3, -0.25) is 0 Å². The van der Waals surface area contributed by atoms with Crippen molar-refractivity contribution < 1.29 is 24.1 Å². The van der Waals surface area contributed by atoms with Crippen LogP contribution in [0.4, 0.5) is 0 Å². The van der Waals surface area contributed by atoms with Crippen molar-refractivity contribution in [3.63, 3.8) is 0 Å². The summed E-state index contributed by atoms with van der Waals surface area (Å²) in [7, 11) is 3.18. The van der Waals surface area contributed by atoms with Gasteiger partial charge < -0.3 is 24.1 Å². The monoisotopic (exact) mass is 384 g/mol. The summed E-state index contributed by atoms with van der Waals surface area (Å²) < 4.78 is 21.5. The van der Waals surface area contributed by atoms with Crippen LogP contribution in [0.2, 0.25) is 0 Å². The van der Waals surface area contributed by atoms with E-state index in [9.17, 15) is 5.11 Å². The zero-order valence-corrected chi connectivity index (χ0v) is 13.2. The largest absolute Gasteiger partial charge is 0.380 e. The quantitative estimate of drug-likeness (QED) is 0.562. The van der Waals surface area contributed by atoms with E-state index in [2.05, 4.69) is 31.9 Å². The summed E-state index contributed by atoms with van der Waals surface area (Å²) in [4.78, 5) is 0. The van der Waals surface area contributed by atoms with Gasteiger partial charge in [-0.25, -0.2) is 0 Å². The highest BCUT2D eigenvalue weighted by Gasteiger charge is 3.01. The normalized spacial score (nSPS) is 62.8. The molecule has 5 atom stereocenters. The molecule has 4 aliphatic rings. The van der Waals surface area contributed by atoms with Crippen molar-refractivity contribution in [1.82, 2.24) is 0 Å². The van der Waals surface area contributed by atoms with Crippen LogP contribution in [-0.2, 0) is 18.9 Å². The molecule has 5 nitrogen and oxygen atoms in total. The van der Waals surface area contributed by atoms with Crippen LogP contribution < -0.4 is 0 Å². The van der Waals surface area contributed by atoms with Crippen LogP contribution in [0.1, 0.15) is 6.42 Å². The molecule has 0 radical (unpaired) electrons. The van der Waals surface area contributed by atoms with Gasteiger partial charge in [0.05, 0.1) is 13.2 Å². The summed E-state index contributed by atoms with van der Waals surface area (Å²) in [5.74, 6) is -1.94. The number of hydrogen-bond acceptors (Lipinski definition) is 5. The molecular weight excluding hydrogens is 372 g/mol. The van der Waals surface area contributed by atoms with Crippen molar-refractivity contribution in [1.29, 1.82) is 0 Å². The molecule has 2 bridgehead atoms. The lowest BCUT2D eigenvalue weighted by molar-refractivity contribution is -0.395. The fraction of sp³-hybridized carbons (Fsp3) is 1.00. The molecule has 102 valence electrons. The fourth-order valence-electron chi connectivity index (χ4n) is 4.58. The van der Waals surface area contributed by atoms with Crippen molar-refractivity contribution in [3.05, 3.63) is 0 Å². The minimum Gasteiger partial charge on any atom is -0.380 e. The molecule has 2 saturated carbocycles. The van der Waals surface area contributed by atoms with Crippen LogP contribution in [-0.4, -0.2) is 58.4 Å².